The molecule has 0 unspecified atom stereocenters. The Morgan fingerprint density at radius 1 is 1.23 bits per heavy atom. The predicted octanol–water partition coefficient (Wildman–Crippen LogP) is 1.08. The monoisotopic (exact) mass is 221 g/mol. The Morgan fingerprint density at radius 3 is 2.23 bits per heavy atom. The quantitative estimate of drug-likeness (QED) is 0.578. The minimum Gasteiger partial charge on any atom is -0.399 e. The summed E-state index contributed by atoms with van der Waals surface area (Å²) >= 11 is 0. The van der Waals surface area contributed by atoms with Gasteiger partial charge in [-0.25, -0.2) is 0 Å². The van der Waals surface area contributed by atoms with Crippen LogP contribution in [0.2, 0.25) is 0 Å². The molecule has 0 fully saturated rings. The van der Waals surface area contributed by atoms with Crippen molar-refractivity contribution in [2.45, 2.75) is 0 Å². The first-order chi connectivity index (χ1) is 5.68. The van der Waals surface area contributed by atoms with E-state index in [1.807, 2.05) is 0 Å². The fourth-order valence-electron chi connectivity index (χ4n) is 0.648. The third-order valence-electron chi connectivity index (χ3n) is 1.16. The number of hydrogen-bond acceptors (Lipinski definition) is 4. The van der Waals surface area contributed by atoms with Crippen molar-refractivity contribution in [2.75, 3.05) is 11.2 Å². The van der Waals surface area contributed by atoms with Gasteiger partial charge in [0.25, 0.3) is 0 Å². The standard InChI is InChI=1S/C6H7N3O2S.ClH/c7-5-1-3-6(4-2-5)8-9-12(10)11;/h1-4,8H,7H2;1H. The second kappa shape index (κ2) is 5.39. The minimum absolute atomic E-state index is 0. The van der Waals surface area contributed by atoms with Gasteiger partial charge in [0.2, 0.25) is 0 Å². The van der Waals surface area contributed by atoms with E-state index in [0.29, 0.717) is 11.4 Å². The lowest BCUT2D eigenvalue weighted by atomic mass is 10.3. The molecule has 0 aliphatic carbocycles. The van der Waals surface area contributed by atoms with E-state index in [9.17, 15) is 8.42 Å². The van der Waals surface area contributed by atoms with Crippen LogP contribution in [-0.4, -0.2) is 8.42 Å². The van der Waals surface area contributed by atoms with E-state index in [-0.39, 0.29) is 12.4 Å². The van der Waals surface area contributed by atoms with Gasteiger partial charge >= 0.3 is 10.5 Å². The number of nitrogens with one attached hydrogen (secondary N) is 1. The topological polar surface area (TPSA) is 84.5 Å². The van der Waals surface area contributed by atoms with Gasteiger partial charge in [-0.05, 0) is 24.3 Å². The fraction of sp³-hybridized carbons (Fsp3) is 0. The van der Waals surface area contributed by atoms with Crippen LogP contribution in [0.1, 0.15) is 0 Å². The van der Waals surface area contributed by atoms with Gasteiger partial charge in [-0.15, -0.1) is 12.4 Å². The summed E-state index contributed by atoms with van der Waals surface area (Å²) in [6.07, 6.45) is 0. The lowest BCUT2D eigenvalue weighted by molar-refractivity contribution is 0.621. The summed E-state index contributed by atoms with van der Waals surface area (Å²) in [6.45, 7) is 0. The lowest BCUT2D eigenvalue weighted by Gasteiger charge is -1.96. The highest BCUT2D eigenvalue weighted by Gasteiger charge is 1.87. The van der Waals surface area contributed by atoms with Crippen LogP contribution in [0.4, 0.5) is 11.4 Å². The van der Waals surface area contributed by atoms with E-state index in [1.165, 1.54) is 0 Å². The normalized spacial score (nSPS) is 8.31. The zero-order valence-corrected chi connectivity index (χ0v) is 8.10. The highest BCUT2D eigenvalue weighted by Crippen LogP contribution is 2.09. The second-order valence-electron chi connectivity index (χ2n) is 2.04. The van der Waals surface area contributed by atoms with Crippen molar-refractivity contribution in [3.8, 4) is 0 Å². The molecule has 0 spiro atoms. The summed E-state index contributed by atoms with van der Waals surface area (Å²) in [5.41, 5.74) is 8.92. The van der Waals surface area contributed by atoms with Crippen molar-refractivity contribution in [3.63, 3.8) is 0 Å². The first kappa shape index (κ1) is 11.7. The Bertz CT molecular complexity index is 379. The fourth-order valence-corrected chi connectivity index (χ4v) is 0.828. The minimum atomic E-state index is -2.44. The van der Waals surface area contributed by atoms with Crippen LogP contribution in [0.15, 0.2) is 28.7 Å². The average molecular weight is 222 g/mol. The summed E-state index contributed by atoms with van der Waals surface area (Å²) < 4.78 is 23.0. The van der Waals surface area contributed by atoms with E-state index in [2.05, 4.69) is 9.90 Å². The molecule has 1 aromatic rings. The number of benzene rings is 1. The maximum absolute atomic E-state index is 9.99. The molecule has 0 aliphatic heterocycles. The van der Waals surface area contributed by atoms with Crippen LogP contribution >= 0.6 is 12.4 Å². The third-order valence-corrected chi connectivity index (χ3v) is 1.40. The molecule has 0 atom stereocenters. The molecule has 0 bridgehead atoms. The van der Waals surface area contributed by atoms with Gasteiger partial charge in [0.15, 0.2) is 0 Å². The van der Waals surface area contributed by atoms with Gasteiger partial charge in [0.05, 0.1) is 5.69 Å². The molecule has 7 heteroatoms. The molecule has 0 heterocycles. The summed E-state index contributed by atoms with van der Waals surface area (Å²) in [5.74, 6) is 0. The zero-order valence-electron chi connectivity index (χ0n) is 6.47. The molecule has 0 saturated heterocycles. The van der Waals surface area contributed by atoms with E-state index in [0.717, 1.165) is 0 Å². The zero-order chi connectivity index (χ0) is 8.97. The van der Waals surface area contributed by atoms with Crippen molar-refractivity contribution in [1.82, 2.24) is 0 Å². The molecule has 3 N–H and O–H groups in total. The SMILES string of the molecule is Cl.Nc1ccc(NN=S(=O)=O)cc1. The molecule has 13 heavy (non-hydrogen) atoms. The number of rotatable bonds is 2. The maximum Gasteiger partial charge on any atom is 0.332 e. The number of halogens is 1. The van der Waals surface area contributed by atoms with Gasteiger partial charge < -0.3 is 5.73 Å². The van der Waals surface area contributed by atoms with Crippen molar-refractivity contribution in [1.29, 1.82) is 0 Å². The van der Waals surface area contributed by atoms with Crippen LogP contribution in [0.3, 0.4) is 0 Å². The molecule has 0 radical (unpaired) electrons. The Morgan fingerprint density at radius 2 is 1.77 bits per heavy atom. The molecule has 0 aromatic heterocycles. The lowest BCUT2D eigenvalue weighted by Crippen LogP contribution is -1.88. The summed E-state index contributed by atoms with van der Waals surface area (Å²) in [7, 11) is -2.44. The molecule has 0 aliphatic rings. The molecular weight excluding hydrogens is 214 g/mol. The molecule has 5 nitrogen and oxygen atoms in total. The Kier molecular flexibility index (Phi) is 4.86. The van der Waals surface area contributed by atoms with E-state index < -0.39 is 10.5 Å². The van der Waals surface area contributed by atoms with Gasteiger partial charge in [-0.1, -0.05) is 4.47 Å². The Balaban J connectivity index is 0.00000144. The van der Waals surface area contributed by atoms with E-state index in [4.69, 9.17) is 5.73 Å². The van der Waals surface area contributed by atoms with Crippen LogP contribution in [0, 0.1) is 0 Å². The van der Waals surface area contributed by atoms with Crippen LogP contribution in [-0.2, 0) is 10.5 Å². The molecular formula is C6H8ClN3O2S. The number of anilines is 2. The van der Waals surface area contributed by atoms with Crippen LogP contribution in [0.25, 0.3) is 0 Å². The van der Waals surface area contributed by atoms with Crippen molar-refractivity contribution < 1.29 is 8.42 Å². The number of nitrogens with zero attached hydrogens (tertiary/aromatic N) is 1. The van der Waals surface area contributed by atoms with Gasteiger partial charge in [-0.3, -0.25) is 5.43 Å². The Hall–Kier alpha value is -1.27. The summed E-state index contributed by atoms with van der Waals surface area (Å²) in [5, 5.41) is 0. The smallest absolute Gasteiger partial charge is 0.332 e. The highest BCUT2D eigenvalue weighted by molar-refractivity contribution is 7.61. The van der Waals surface area contributed by atoms with E-state index in [1.54, 1.807) is 24.3 Å². The van der Waals surface area contributed by atoms with Gasteiger partial charge in [0.1, 0.15) is 0 Å². The second-order valence-corrected chi connectivity index (χ2v) is 2.66. The molecule has 0 amide bonds. The predicted molar refractivity (Wildman–Crippen MR) is 53.1 cm³/mol. The van der Waals surface area contributed by atoms with E-state index >= 15 is 0 Å². The van der Waals surface area contributed by atoms with Crippen molar-refractivity contribution in [2.24, 2.45) is 4.47 Å². The molecule has 1 aromatic carbocycles. The van der Waals surface area contributed by atoms with Gasteiger partial charge in [-0.2, -0.15) is 8.42 Å². The number of nitrogen functional groups attached to an aromatic ring is 1. The average Bonchev–Trinajstić information content (AvgIpc) is 2.03. The van der Waals surface area contributed by atoms with Gasteiger partial charge in [0, 0.05) is 5.69 Å². The van der Waals surface area contributed by atoms with Crippen LogP contribution < -0.4 is 11.2 Å². The van der Waals surface area contributed by atoms with Crippen LogP contribution in [0.5, 0.6) is 0 Å². The number of hydrogen-bond donors (Lipinski definition) is 2. The van der Waals surface area contributed by atoms with Crippen molar-refractivity contribution >= 4 is 34.3 Å². The first-order valence-corrected chi connectivity index (χ1v) is 4.13. The van der Waals surface area contributed by atoms with Crippen molar-refractivity contribution in [3.05, 3.63) is 24.3 Å². The first-order valence-electron chi connectivity index (χ1n) is 3.10. The Labute approximate surface area is 83.0 Å². The molecule has 1 rings (SSSR count). The largest absolute Gasteiger partial charge is 0.399 e. The molecule has 72 valence electrons. The highest BCUT2D eigenvalue weighted by atomic mass is 35.5. The molecule has 0 saturated carbocycles. The third kappa shape index (κ3) is 4.34. The summed E-state index contributed by atoms with van der Waals surface area (Å²) in [4.78, 5) is 0. The summed E-state index contributed by atoms with van der Waals surface area (Å²) in [6, 6.07) is 6.55. The maximum atomic E-state index is 9.99. The number of nitrogens with two attached hydrogens (primary N) is 1.